The molecule has 0 radical (unpaired) electrons. The smallest absolute Gasteiger partial charge is 0.217 e. The molecule has 1 atom stereocenters. The van der Waals surface area contributed by atoms with Crippen LogP contribution in [0.5, 0.6) is 0 Å². The van der Waals surface area contributed by atoms with Crippen LogP contribution in [0, 0.1) is 5.82 Å². The van der Waals surface area contributed by atoms with E-state index in [2.05, 4.69) is 46.7 Å². The van der Waals surface area contributed by atoms with Crippen LogP contribution in [0.3, 0.4) is 0 Å². The molecule has 1 heterocycles. The maximum atomic E-state index is 13.3. The Morgan fingerprint density at radius 3 is 2.88 bits per heavy atom. The average Bonchev–Trinajstić information content (AvgIpc) is 3.07. The van der Waals surface area contributed by atoms with Gasteiger partial charge in [-0.05, 0) is 44.4 Å². The van der Waals surface area contributed by atoms with Crippen molar-refractivity contribution < 1.29 is 24.1 Å². The standard InChI is InChI=1S/C14H15BrFN5O4S/c1-7(23)17-9(5-22)6-26-14-12(20-25-21-14)13(19-24)18-8-2-3-11(16)10(15)4-8/h2-4,9,22,24H,5-6H2,1H3,(H,17,23)(H,18,19). The van der Waals surface area contributed by atoms with Gasteiger partial charge in [0.1, 0.15) is 5.82 Å². The van der Waals surface area contributed by atoms with Gasteiger partial charge in [-0.3, -0.25) is 4.79 Å². The topological polar surface area (TPSA) is 133 Å². The molecule has 0 bridgehead atoms. The van der Waals surface area contributed by atoms with E-state index in [1.165, 1.54) is 25.1 Å². The largest absolute Gasteiger partial charge is 0.409 e. The highest BCUT2D eigenvalue weighted by Crippen LogP contribution is 2.23. The first-order chi connectivity index (χ1) is 12.4. The van der Waals surface area contributed by atoms with Crippen LogP contribution < -0.4 is 10.6 Å². The number of oxime groups is 1. The van der Waals surface area contributed by atoms with Gasteiger partial charge >= 0.3 is 0 Å². The van der Waals surface area contributed by atoms with Gasteiger partial charge < -0.3 is 20.9 Å². The van der Waals surface area contributed by atoms with E-state index in [0.717, 1.165) is 11.8 Å². The Bertz CT molecular complexity index is 803. The van der Waals surface area contributed by atoms with E-state index in [4.69, 9.17) is 0 Å². The van der Waals surface area contributed by atoms with Crippen LogP contribution in [-0.4, -0.2) is 50.8 Å². The van der Waals surface area contributed by atoms with Gasteiger partial charge in [0.2, 0.25) is 11.7 Å². The van der Waals surface area contributed by atoms with Crippen LogP contribution in [0.2, 0.25) is 0 Å². The zero-order valence-corrected chi connectivity index (χ0v) is 15.8. The van der Waals surface area contributed by atoms with Gasteiger partial charge in [-0.15, -0.1) is 0 Å². The second kappa shape index (κ2) is 9.50. The van der Waals surface area contributed by atoms with Crippen LogP contribution in [0.25, 0.3) is 0 Å². The summed E-state index contributed by atoms with van der Waals surface area (Å²) in [5.41, 5.74) is 0.564. The summed E-state index contributed by atoms with van der Waals surface area (Å²) < 4.78 is 18.2. The second-order valence-corrected chi connectivity index (χ2v) is 6.87. The van der Waals surface area contributed by atoms with Crippen molar-refractivity contribution >= 4 is 45.1 Å². The molecule has 9 nitrogen and oxygen atoms in total. The van der Waals surface area contributed by atoms with E-state index >= 15 is 0 Å². The zero-order valence-electron chi connectivity index (χ0n) is 13.4. The molecule has 12 heteroatoms. The van der Waals surface area contributed by atoms with Crippen LogP contribution in [0.1, 0.15) is 12.6 Å². The van der Waals surface area contributed by atoms with E-state index < -0.39 is 11.9 Å². The summed E-state index contributed by atoms with van der Waals surface area (Å²) in [6.07, 6.45) is 0. The summed E-state index contributed by atoms with van der Waals surface area (Å²) in [5.74, 6) is -0.486. The monoisotopic (exact) mass is 447 g/mol. The summed E-state index contributed by atoms with van der Waals surface area (Å²) in [4.78, 5) is 11.1. The molecule has 26 heavy (non-hydrogen) atoms. The molecule has 2 aromatic rings. The number of benzene rings is 1. The predicted octanol–water partition coefficient (Wildman–Crippen LogP) is 1.81. The van der Waals surface area contributed by atoms with Crippen LogP contribution >= 0.6 is 27.7 Å². The molecule has 0 aliphatic carbocycles. The van der Waals surface area contributed by atoms with Crippen molar-refractivity contribution in [1.29, 1.82) is 0 Å². The molecule has 1 aromatic heterocycles. The molecule has 1 unspecified atom stereocenters. The van der Waals surface area contributed by atoms with Crippen molar-refractivity contribution in [3.8, 4) is 0 Å². The maximum Gasteiger partial charge on any atom is 0.217 e. The lowest BCUT2D eigenvalue weighted by Gasteiger charge is -2.13. The van der Waals surface area contributed by atoms with Crippen LogP contribution in [0.15, 0.2) is 37.5 Å². The number of nitrogens with one attached hydrogen (secondary N) is 2. The summed E-state index contributed by atoms with van der Waals surface area (Å²) in [6.45, 7) is 1.09. The highest BCUT2D eigenvalue weighted by molar-refractivity contribution is 9.10. The Labute approximate surface area is 160 Å². The summed E-state index contributed by atoms with van der Waals surface area (Å²) in [6, 6.07) is 3.65. The number of carbonyl (C=O) groups excluding carboxylic acids is 1. The van der Waals surface area contributed by atoms with Crippen molar-refractivity contribution in [3.63, 3.8) is 0 Å². The molecule has 140 valence electrons. The van der Waals surface area contributed by atoms with Crippen LogP contribution in [-0.2, 0) is 4.79 Å². The van der Waals surface area contributed by atoms with Gasteiger partial charge in [-0.1, -0.05) is 16.9 Å². The minimum absolute atomic E-state index is 0.0627. The molecule has 0 saturated carbocycles. The number of rotatable bonds is 7. The summed E-state index contributed by atoms with van der Waals surface area (Å²) >= 11 is 4.21. The number of hydrogen-bond donors (Lipinski definition) is 4. The molecular weight excluding hydrogens is 433 g/mol. The molecule has 0 aliphatic heterocycles. The molecule has 0 aliphatic rings. The Hall–Kier alpha value is -2.18. The Balaban J connectivity index is 2.11. The van der Waals surface area contributed by atoms with Crippen molar-refractivity contribution in [2.24, 2.45) is 5.16 Å². The number of carbonyl (C=O) groups is 1. The van der Waals surface area contributed by atoms with Crippen molar-refractivity contribution in [2.75, 3.05) is 17.7 Å². The lowest BCUT2D eigenvalue weighted by atomic mass is 10.3. The minimum atomic E-state index is -0.488. The van der Waals surface area contributed by atoms with Crippen LogP contribution in [0.4, 0.5) is 10.1 Å². The predicted molar refractivity (Wildman–Crippen MR) is 95.8 cm³/mol. The molecule has 0 spiro atoms. The lowest BCUT2D eigenvalue weighted by molar-refractivity contribution is -0.119. The minimum Gasteiger partial charge on any atom is -0.409 e. The fourth-order valence-corrected chi connectivity index (χ4v) is 3.15. The van der Waals surface area contributed by atoms with Crippen molar-refractivity contribution in [1.82, 2.24) is 15.6 Å². The third kappa shape index (κ3) is 5.41. The van der Waals surface area contributed by atoms with E-state index in [-0.39, 0.29) is 39.3 Å². The van der Waals surface area contributed by atoms with Gasteiger partial charge in [0.15, 0.2) is 10.7 Å². The van der Waals surface area contributed by atoms with Gasteiger partial charge in [0.05, 0.1) is 17.1 Å². The summed E-state index contributed by atoms with van der Waals surface area (Å²) in [5, 5.41) is 34.8. The zero-order chi connectivity index (χ0) is 19.1. The molecule has 0 saturated heterocycles. The van der Waals surface area contributed by atoms with Crippen molar-refractivity contribution in [2.45, 2.75) is 18.0 Å². The van der Waals surface area contributed by atoms with E-state index in [0.29, 0.717) is 5.69 Å². The Morgan fingerprint density at radius 1 is 1.50 bits per heavy atom. The first-order valence-corrected chi connectivity index (χ1v) is 9.00. The third-order valence-corrected chi connectivity index (χ3v) is 4.73. The molecule has 2 rings (SSSR count). The summed E-state index contributed by atoms with van der Waals surface area (Å²) in [7, 11) is 0. The average molecular weight is 448 g/mol. The number of aliphatic hydroxyl groups excluding tert-OH is 1. The molecule has 4 N–H and O–H groups in total. The fourth-order valence-electron chi connectivity index (χ4n) is 1.87. The second-order valence-electron chi connectivity index (χ2n) is 5.01. The highest BCUT2D eigenvalue weighted by Gasteiger charge is 2.20. The molecule has 1 aromatic carbocycles. The normalized spacial score (nSPS) is 12.7. The van der Waals surface area contributed by atoms with Gasteiger partial charge in [0.25, 0.3) is 0 Å². The number of thioether (sulfide) groups is 1. The SMILES string of the molecule is CC(=O)NC(CO)CSc1nonc1C(=NO)Nc1ccc(F)c(Br)c1. The van der Waals surface area contributed by atoms with Crippen molar-refractivity contribution in [3.05, 3.63) is 34.2 Å². The molecular formula is C14H15BrFN5O4S. The Morgan fingerprint density at radius 2 is 2.27 bits per heavy atom. The molecule has 0 fully saturated rings. The number of halogens is 2. The van der Waals surface area contributed by atoms with E-state index in [9.17, 15) is 19.5 Å². The number of anilines is 1. The first kappa shape index (κ1) is 20.1. The lowest BCUT2D eigenvalue weighted by Crippen LogP contribution is -2.37. The number of amides is 1. The number of hydrogen-bond acceptors (Lipinski definition) is 8. The van der Waals surface area contributed by atoms with Gasteiger partial charge in [-0.25, -0.2) is 9.02 Å². The number of amidine groups is 1. The van der Waals surface area contributed by atoms with Gasteiger partial charge in [0, 0.05) is 18.4 Å². The fraction of sp³-hybridized carbons (Fsp3) is 0.286. The van der Waals surface area contributed by atoms with E-state index in [1.807, 2.05) is 0 Å². The van der Waals surface area contributed by atoms with E-state index in [1.54, 1.807) is 0 Å². The molecule has 1 amide bonds. The quantitative estimate of drug-likeness (QED) is 0.166. The first-order valence-electron chi connectivity index (χ1n) is 7.22. The highest BCUT2D eigenvalue weighted by atomic mass is 79.9. The third-order valence-electron chi connectivity index (χ3n) is 3.01. The Kier molecular flexibility index (Phi) is 7.36. The number of aromatic nitrogens is 2. The number of aliphatic hydroxyl groups is 1. The maximum absolute atomic E-state index is 13.3. The van der Waals surface area contributed by atoms with Gasteiger partial charge in [-0.2, -0.15) is 0 Å². The number of nitrogens with zero attached hydrogens (tertiary/aromatic N) is 3.